The summed E-state index contributed by atoms with van der Waals surface area (Å²) >= 11 is 0. The number of aromatic nitrogens is 2. The van der Waals surface area contributed by atoms with Crippen LogP contribution in [0.1, 0.15) is 11.4 Å². The molecule has 24 heavy (non-hydrogen) atoms. The van der Waals surface area contributed by atoms with E-state index in [0.29, 0.717) is 30.3 Å². The fourth-order valence-corrected chi connectivity index (χ4v) is 2.11. The standard InChI is InChI=1S/C16H22N4O3.ClH/c1-11-16(12(2)20(3)19-11)23-10-15(21)18-13-4-6-14(7-5-13)22-9-8-17;/h4-7H,8-10,17H2,1-3H3,(H,18,21);1H. The van der Waals surface area contributed by atoms with Crippen LogP contribution in [0, 0.1) is 13.8 Å². The van der Waals surface area contributed by atoms with Gasteiger partial charge in [-0.05, 0) is 38.1 Å². The van der Waals surface area contributed by atoms with Gasteiger partial charge in [-0.15, -0.1) is 12.4 Å². The number of anilines is 1. The summed E-state index contributed by atoms with van der Waals surface area (Å²) in [6.45, 7) is 4.60. The van der Waals surface area contributed by atoms with Gasteiger partial charge in [-0.3, -0.25) is 9.48 Å². The maximum atomic E-state index is 12.0. The molecule has 1 amide bonds. The van der Waals surface area contributed by atoms with Gasteiger partial charge < -0.3 is 20.5 Å². The van der Waals surface area contributed by atoms with Crippen molar-refractivity contribution in [2.24, 2.45) is 12.8 Å². The van der Waals surface area contributed by atoms with E-state index in [-0.39, 0.29) is 24.9 Å². The third kappa shape index (κ3) is 5.14. The highest BCUT2D eigenvalue weighted by atomic mass is 35.5. The van der Waals surface area contributed by atoms with Crippen molar-refractivity contribution < 1.29 is 14.3 Å². The minimum atomic E-state index is -0.233. The second-order valence-corrected chi connectivity index (χ2v) is 5.12. The number of hydrogen-bond donors (Lipinski definition) is 2. The average Bonchev–Trinajstić information content (AvgIpc) is 2.77. The van der Waals surface area contributed by atoms with E-state index in [1.807, 2.05) is 20.9 Å². The molecule has 7 nitrogen and oxygen atoms in total. The molecule has 0 aliphatic carbocycles. The Hall–Kier alpha value is -2.25. The highest BCUT2D eigenvalue weighted by Crippen LogP contribution is 2.21. The van der Waals surface area contributed by atoms with Crippen molar-refractivity contribution in [3.05, 3.63) is 35.7 Å². The maximum Gasteiger partial charge on any atom is 0.262 e. The molecule has 2 rings (SSSR count). The lowest BCUT2D eigenvalue weighted by atomic mass is 10.3. The van der Waals surface area contributed by atoms with Crippen LogP contribution < -0.4 is 20.5 Å². The van der Waals surface area contributed by atoms with Gasteiger partial charge in [0.25, 0.3) is 5.91 Å². The Morgan fingerprint density at radius 1 is 1.25 bits per heavy atom. The summed E-state index contributed by atoms with van der Waals surface area (Å²) in [5, 5.41) is 7.01. The van der Waals surface area contributed by atoms with Crippen molar-refractivity contribution in [2.45, 2.75) is 13.8 Å². The Morgan fingerprint density at radius 3 is 2.46 bits per heavy atom. The fourth-order valence-electron chi connectivity index (χ4n) is 2.11. The van der Waals surface area contributed by atoms with E-state index in [1.54, 1.807) is 28.9 Å². The number of nitrogens with zero attached hydrogens (tertiary/aromatic N) is 2. The number of rotatable bonds is 7. The molecule has 0 unspecified atom stereocenters. The predicted octanol–water partition coefficient (Wildman–Crippen LogP) is 1.81. The van der Waals surface area contributed by atoms with Crippen LogP contribution in [-0.2, 0) is 11.8 Å². The third-order valence-corrected chi connectivity index (χ3v) is 3.31. The first-order chi connectivity index (χ1) is 11.0. The van der Waals surface area contributed by atoms with Crippen LogP contribution in [-0.4, -0.2) is 35.4 Å². The van der Waals surface area contributed by atoms with E-state index in [0.717, 1.165) is 11.4 Å². The molecular formula is C16H23ClN4O3. The molecule has 8 heteroatoms. The number of ether oxygens (including phenoxy) is 2. The minimum absolute atomic E-state index is 0. The average molecular weight is 355 g/mol. The topological polar surface area (TPSA) is 91.4 Å². The number of nitrogens with two attached hydrogens (primary N) is 1. The molecule has 0 saturated heterocycles. The Bertz CT molecular complexity index is 671. The molecule has 0 radical (unpaired) electrons. The first-order valence-corrected chi connectivity index (χ1v) is 7.37. The molecule has 1 heterocycles. The van der Waals surface area contributed by atoms with Gasteiger partial charge in [0.05, 0.1) is 5.69 Å². The van der Waals surface area contributed by atoms with E-state index >= 15 is 0 Å². The first kappa shape index (κ1) is 19.8. The minimum Gasteiger partial charge on any atom is -0.492 e. The number of aryl methyl sites for hydroxylation is 2. The van der Waals surface area contributed by atoms with Crippen LogP contribution in [0.2, 0.25) is 0 Å². The summed E-state index contributed by atoms with van der Waals surface area (Å²) in [4.78, 5) is 12.0. The molecule has 0 atom stereocenters. The number of hydrogen-bond acceptors (Lipinski definition) is 5. The van der Waals surface area contributed by atoms with Crippen LogP contribution >= 0.6 is 12.4 Å². The number of carbonyl (C=O) groups excluding carboxylic acids is 1. The smallest absolute Gasteiger partial charge is 0.262 e. The molecular weight excluding hydrogens is 332 g/mol. The molecule has 0 saturated carbocycles. The highest BCUT2D eigenvalue weighted by Gasteiger charge is 2.12. The number of nitrogens with one attached hydrogen (secondary N) is 1. The zero-order valence-corrected chi connectivity index (χ0v) is 14.9. The molecule has 1 aromatic heterocycles. The van der Waals surface area contributed by atoms with E-state index < -0.39 is 0 Å². The molecule has 3 N–H and O–H groups in total. The highest BCUT2D eigenvalue weighted by molar-refractivity contribution is 5.91. The Labute approximate surface area is 147 Å². The van der Waals surface area contributed by atoms with Crippen molar-refractivity contribution in [3.63, 3.8) is 0 Å². The van der Waals surface area contributed by atoms with Crippen LogP contribution in [0.3, 0.4) is 0 Å². The Kier molecular flexibility index (Phi) is 7.54. The predicted molar refractivity (Wildman–Crippen MR) is 95.0 cm³/mol. The van der Waals surface area contributed by atoms with E-state index in [9.17, 15) is 4.79 Å². The summed E-state index contributed by atoms with van der Waals surface area (Å²) in [5.74, 6) is 1.13. The first-order valence-electron chi connectivity index (χ1n) is 7.37. The van der Waals surface area contributed by atoms with E-state index in [2.05, 4.69) is 10.4 Å². The summed E-state index contributed by atoms with van der Waals surface area (Å²) in [6, 6.07) is 7.09. The summed E-state index contributed by atoms with van der Waals surface area (Å²) in [7, 11) is 1.84. The van der Waals surface area contributed by atoms with Crippen molar-refractivity contribution in [1.82, 2.24) is 9.78 Å². The van der Waals surface area contributed by atoms with Crippen molar-refractivity contribution in [1.29, 1.82) is 0 Å². The third-order valence-electron chi connectivity index (χ3n) is 3.31. The van der Waals surface area contributed by atoms with Crippen LogP contribution in [0.25, 0.3) is 0 Å². The van der Waals surface area contributed by atoms with Crippen molar-refractivity contribution in [3.8, 4) is 11.5 Å². The maximum absolute atomic E-state index is 12.0. The van der Waals surface area contributed by atoms with Gasteiger partial charge in [-0.25, -0.2) is 0 Å². The lowest BCUT2D eigenvalue weighted by Crippen LogP contribution is -2.20. The lowest BCUT2D eigenvalue weighted by Gasteiger charge is -2.09. The fraction of sp³-hybridized carbons (Fsp3) is 0.375. The molecule has 1 aromatic carbocycles. The van der Waals surface area contributed by atoms with Crippen molar-refractivity contribution in [2.75, 3.05) is 25.1 Å². The number of benzene rings is 1. The largest absolute Gasteiger partial charge is 0.492 e. The summed E-state index contributed by atoms with van der Waals surface area (Å²) < 4.78 is 12.7. The number of halogens is 1. The van der Waals surface area contributed by atoms with E-state index in [1.165, 1.54) is 0 Å². The van der Waals surface area contributed by atoms with Gasteiger partial charge in [0, 0.05) is 19.3 Å². The van der Waals surface area contributed by atoms with Gasteiger partial charge in [-0.1, -0.05) is 0 Å². The van der Waals surface area contributed by atoms with Crippen molar-refractivity contribution >= 4 is 24.0 Å². The van der Waals surface area contributed by atoms with E-state index in [4.69, 9.17) is 15.2 Å². The van der Waals surface area contributed by atoms with Crippen LogP contribution in [0.15, 0.2) is 24.3 Å². The number of amides is 1. The summed E-state index contributed by atoms with van der Waals surface area (Å²) in [6.07, 6.45) is 0. The quantitative estimate of drug-likeness (QED) is 0.791. The molecule has 0 aliphatic rings. The molecule has 2 aromatic rings. The van der Waals surface area contributed by atoms with Gasteiger partial charge >= 0.3 is 0 Å². The normalized spacial score (nSPS) is 10.0. The van der Waals surface area contributed by atoms with Gasteiger partial charge in [0.2, 0.25) is 0 Å². The number of carbonyl (C=O) groups is 1. The molecule has 132 valence electrons. The van der Waals surface area contributed by atoms with Gasteiger partial charge in [0.1, 0.15) is 18.1 Å². The monoisotopic (exact) mass is 354 g/mol. The SMILES string of the molecule is Cc1nn(C)c(C)c1OCC(=O)Nc1ccc(OCCN)cc1.Cl. The molecule has 0 spiro atoms. The summed E-state index contributed by atoms with van der Waals surface area (Å²) in [5.41, 5.74) is 7.70. The second kappa shape index (κ2) is 9.14. The Morgan fingerprint density at radius 2 is 1.92 bits per heavy atom. The van der Waals surface area contributed by atoms with Gasteiger partial charge in [0.15, 0.2) is 12.4 Å². The zero-order valence-electron chi connectivity index (χ0n) is 14.0. The van der Waals surface area contributed by atoms with Crippen LogP contribution in [0.4, 0.5) is 5.69 Å². The zero-order chi connectivity index (χ0) is 16.8. The van der Waals surface area contributed by atoms with Gasteiger partial charge in [-0.2, -0.15) is 5.10 Å². The second-order valence-electron chi connectivity index (χ2n) is 5.12. The lowest BCUT2D eigenvalue weighted by molar-refractivity contribution is -0.118. The Balaban J connectivity index is 0.00000288. The molecule has 0 fully saturated rings. The van der Waals surface area contributed by atoms with Crippen LogP contribution in [0.5, 0.6) is 11.5 Å². The molecule has 0 bridgehead atoms. The molecule has 0 aliphatic heterocycles.